The van der Waals surface area contributed by atoms with Crippen LogP contribution in [0.1, 0.15) is 117 Å². The molecule has 2 heteroatoms. The average molecular weight is 326 g/mol. The van der Waals surface area contributed by atoms with E-state index in [0.29, 0.717) is 5.78 Å². The van der Waals surface area contributed by atoms with Gasteiger partial charge >= 0.3 is 0 Å². The van der Waals surface area contributed by atoms with Gasteiger partial charge in [-0.05, 0) is 19.9 Å². The van der Waals surface area contributed by atoms with Crippen LogP contribution in [0.2, 0.25) is 0 Å². The van der Waals surface area contributed by atoms with Crippen molar-refractivity contribution in [3.8, 4) is 0 Å². The van der Waals surface area contributed by atoms with E-state index in [-0.39, 0.29) is 6.04 Å². The zero-order valence-electron chi connectivity index (χ0n) is 16.3. The van der Waals surface area contributed by atoms with Crippen LogP contribution in [0.5, 0.6) is 0 Å². The summed E-state index contributed by atoms with van der Waals surface area (Å²) < 4.78 is 0. The number of unbranched alkanes of at least 4 members (excludes halogenated alkanes) is 12. The molecule has 0 spiro atoms. The predicted octanol–water partition coefficient (Wildman–Crippen LogP) is 6.42. The molecule has 138 valence electrons. The molecule has 1 unspecified atom stereocenters. The standard InChI is InChI=1S/C21H43NO/c1-4-6-7-8-9-10-11-12-13-14-15-16-17-19-21(23)20(22-3)18-5-2/h20,22H,4-19H2,1-3H3. The fraction of sp³-hybridized carbons (Fsp3) is 0.952. The normalized spacial score (nSPS) is 12.5. The van der Waals surface area contributed by atoms with Crippen LogP contribution < -0.4 is 5.32 Å². The summed E-state index contributed by atoms with van der Waals surface area (Å²) in [6.45, 7) is 4.42. The molecule has 0 saturated heterocycles. The lowest BCUT2D eigenvalue weighted by Crippen LogP contribution is -2.33. The first-order valence-corrected chi connectivity index (χ1v) is 10.5. The second-order valence-electron chi connectivity index (χ2n) is 7.09. The first-order valence-electron chi connectivity index (χ1n) is 10.5. The Kier molecular flexibility index (Phi) is 17.7. The van der Waals surface area contributed by atoms with Crippen LogP contribution in [-0.2, 0) is 4.79 Å². The van der Waals surface area contributed by atoms with E-state index in [2.05, 4.69) is 19.2 Å². The van der Waals surface area contributed by atoms with Gasteiger partial charge in [-0.15, -0.1) is 0 Å². The minimum atomic E-state index is 0.0947. The highest BCUT2D eigenvalue weighted by molar-refractivity contribution is 5.83. The molecule has 0 aromatic carbocycles. The summed E-state index contributed by atoms with van der Waals surface area (Å²) in [5, 5.41) is 3.15. The fourth-order valence-electron chi connectivity index (χ4n) is 3.25. The van der Waals surface area contributed by atoms with E-state index >= 15 is 0 Å². The van der Waals surface area contributed by atoms with Crippen LogP contribution in [0, 0.1) is 0 Å². The van der Waals surface area contributed by atoms with Gasteiger partial charge in [0, 0.05) is 6.42 Å². The molecule has 0 bridgehead atoms. The van der Waals surface area contributed by atoms with Crippen molar-refractivity contribution < 1.29 is 4.79 Å². The summed E-state index contributed by atoms with van der Waals surface area (Å²) in [5.74, 6) is 0.414. The molecule has 0 amide bonds. The van der Waals surface area contributed by atoms with E-state index in [4.69, 9.17) is 0 Å². The van der Waals surface area contributed by atoms with Crippen LogP contribution in [0.3, 0.4) is 0 Å². The van der Waals surface area contributed by atoms with Crippen molar-refractivity contribution in [2.24, 2.45) is 0 Å². The maximum Gasteiger partial charge on any atom is 0.149 e. The molecule has 1 N–H and O–H groups in total. The van der Waals surface area contributed by atoms with Gasteiger partial charge in [-0.1, -0.05) is 97.3 Å². The van der Waals surface area contributed by atoms with Crippen LogP contribution >= 0.6 is 0 Å². The van der Waals surface area contributed by atoms with E-state index in [9.17, 15) is 4.79 Å². The van der Waals surface area contributed by atoms with Gasteiger partial charge in [0.2, 0.25) is 0 Å². The van der Waals surface area contributed by atoms with Crippen molar-refractivity contribution in [1.29, 1.82) is 0 Å². The number of nitrogens with one attached hydrogen (secondary N) is 1. The summed E-state index contributed by atoms with van der Waals surface area (Å²) in [5.41, 5.74) is 0. The van der Waals surface area contributed by atoms with Gasteiger partial charge in [0.15, 0.2) is 0 Å². The number of carbonyl (C=O) groups excluding carboxylic acids is 1. The highest BCUT2D eigenvalue weighted by Crippen LogP contribution is 2.13. The third-order valence-corrected chi connectivity index (χ3v) is 4.84. The van der Waals surface area contributed by atoms with Gasteiger partial charge in [-0.3, -0.25) is 4.79 Å². The number of hydrogen-bond acceptors (Lipinski definition) is 2. The molecule has 0 heterocycles. The predicted molar refractivity (Wildman–Crippen MR) is 103 cm³/mol. The Bertz CT molecular complexity index is 252. The molecule has 0 aliphatic rings. The van der Waals surface area contributed by atoms with Crippen molar-refractivity contribution >= 4 is 5.78 Å². The zero-order valence-corrected chi connectivity index (χ0v) is 16.3. The van der Waals surface area contributed by atoms with Gasteiger partial charge in [-0.25, -0.2) is 0 Å². The molecule has 0 radical (unpaired) electrons. The van der Waals surface area contributed by atoms with Crippen molar-refractivity contribution in [3.05, 3.63) is 0 Å². The molecule has 0 aromatic rings. The molecule has 2 nitrogen and oxygen atoms in total. The minimum Gasteiger partial charge on any atom is -0.311 e. The monoisotopic (exact) mass is 325 g/mol. The second kappa shape index (κ2) is 18.0. The van der Waals surface area contributed by atoms with Gasteiger partial charge in [0.1, 0.15) is 5.78 Å². The summed E-state index contributed by atoms with van der Waals surface area (Å²) >= 11 is 0. The van der Waals surface area contributed by atoms with Gasteiger partial charge < -0.3 is 5.32 Å². The molecule has 0 aromatic heterocycles. The van der Waals surface area contributed by atoms with Gasteiger partial charge in [-0.2, -0.15) is 0 Å². The number of carbonyl (C=O) groups is 1. The zero-order chi connectivity index (χ0) is 17.2. The molecule has 0 rings (SSSR count). The molecular formula is C21H43NO. The fourth-order valence-corrected chi connectivity index (χ4v) is 3.25. The number of likely N-dealkylation sites (N-methyl/N-ethyl adjacent to an activating group) is 1. The highest BCUT2D eigenvalue weighted by Gasteiger charge is 2.13. The first kappa shape index (κ1) is 22.6. The van der Waals surface area contributed by atoms with Crippen molar-refractivity contribution in [2.45, 2.75) is 123 Å². The van der Waals surface area contributed by atoms with Crippen LogP contribution in [-0.4, -0.2) is 18.9 Å². The first-order chi connectivity index (χ1) is 11.3. The average Bonchev–Trinajstić information content (AvgIpc) is 2.56. The molecule has 1 atom stereocenters. The number of ketones is 1. The summed E-state index contributed by atoms with van der Waals surface area (Å²) in [6.07, 6.45) is 20.5. The second-order valence-corrected chi connectivity index (χ2v) is 7.09. The minimum absolute atomic E-state index is 0.0947. The van der Waals surface area contributed by atoms with E-state index in [1.165, 1.54) is 77.0 Å². The Morgan fingerprint density at radius 1 is 0.696 bits per heavy atom. The van der Waals surface area contributed by atoms with E-state index < -0.39 is 0 Å². The third-order valence-electron chi connectivity index (χ3n) is 4.84. The largest absolute Gasteiger partial charge is 0.311 e. The SMILES string of the molecule is CCCCCCCCCCCCCCCC(=O)C(CCC)NC. The lowest BCUT2D eigenvalue weighted by atomic mass is 10.0. The van der Waals surface area contributed by atoms with E-state index in [1.807, 2.05) is 7.05 Å². The van der Waals surface area contributed by atoms with Crippen LogP contribution in [0.15, 0.2) is 0 Å². The summed E-state index contributed by atoms with van der Waals surface area (Å²) in [6, 6.07) is 0.0947. The molecule has 23 heavy (non-hydrogen) atoms. The Balaban J connectivity index is 3.25. The lowest BCUT2D eigenvalue weighted by Gasteiger charge is -2.13. The Labute approximate surface area is 146 Å². The Morgan fingerprint density at radius 3 is 1.52 bits per heavy atom. The summed E-state index contributed by atoms with van der Waals surface area (Å²) in [7, 11) is 1.90. The highest BCUT2D eigenvalue weighted by atomic mass is 16.1. The van der Waals surface area contributed by atoms with Gasteiger partial charge in [0.05, 0.1) is 6.04 Å². The smallest absolute Gasteiger partial charge is 0.149 e. The van der Waals surface area contributed by atoms with Crippen LogP contribution in [0.4, 0.5) is 0 Å². The Hall–Kier alpha value is -0.370. The lowest BCUT2D eigenvalue weighted by molar-refractivity contribution is -0.121. The van der Waals surface area contributed by atoms with E-state index in [0.717, 1.165) is 25.7 Å². The maximum atomic E-state index is 12.0. The molecule has 0 fully saturated rings. The quantitative estimate of drug-likeness (QED) is 0.294. The topological polar surface area (TPSA) is 29.1 Å². The van der Waals surface area contributed by atoms with E-state index in [1.54, 1.807) is 0 Å². The maximum absolute atomic E-state index is 12.0. The number of hydrogen-bond donors (Lipinski definition) is 1. The third kappa shape index (κ3) is 14.9. The number of Topliss-reactive ketones (excluding diaryl/α,β-unsaturated/α-hetero) is 1. The van der Waals surface area contributed by atoms with Crippen molar-refractivity contribution in [3.63, 3.8) is 0 Å². The van der Waals surface area contributed by atoms with Crippen molar-refractivity contribution in [1.82, 2.24) is 5.32 Å². The van der Waals surface area contributed by atoms with Crippen LogP contribution in [0.25, 0.3) is 0 Å². The molecule has 0 aliphatic carbocycles. The number of rotatable bonds is 18. The summed E-state index contributed by atoms with van der Waals surface area (Å²) in [4.78, 5) is 12.0. The molecule has 0 saturated carbocycles. The molecular weight excluding hydrogens is 282 g/mol. The van der Waals surface area contributed by atoms with Gasteiger partial charge in [0.25, 0.3) is 0 Å². The Morgan fingerprint density at radius 2 is 1.13 bits per heavy atom. The van der Waals surface area contributed by atoms with Crippen molar-refractivity contribution in [2.75, 3.05) is 7.05 Å². The molecule has 0 aliphatic heterocycles.